The van der Waals surface area contributed by atoms with Crippen molar-refractivity contribution in [1.82, 2.24) is 0 Å². The molecule has 0 saturated heterocycles. The first-order valence-corrected chi connectivity index (χ1v) is 9.18. The molecule has 3 aromatic carbocycles. The van der Waals surface area contributed by atoms with Crippen LogP contribution >= 0.6 is 0 Å². The Morgan fingerprint density at radius 1 is 0.696 bits per heavy atom. The molecule has 0 nitrogen and oxygen atoms in total. The summed E-state index contributed by atoms with van der Waals surface area (Å²) in [6.07, 6.45) is 2.20. The van der Waals surface area contributed by atoms with Gasteiger partial charge in [-0.1, -0.05) is 0 Å². The second-order valence-corrected chi connectivity index (χ2v) is 7.29. The van der Waals surface area contributed by atoms with E-state index in [0.717, 1.165) is 5.56 Å². The monoisotopic (exact) mass is 360 g/mol. The molecular weight excluding hydrogens is 343 g/mol. The van der Waals surface area contributed by atoms with Crippen molar-refractivity contribution in [3.05, 3.63) is 107 Å². The zero-order valence-electron chi connectivity index (χ0n) is 12.6. The van der Waals surface area contributed by atoms with Crippen LogP contribution in [0.4, 0.5) is 0 Å². The molecule has 0 radical (unpaired) electrons. The quantitative estimate of drug-likeness (QED) is 0.488. The average molecular weight is 359 g/mol. The maximum absolute atomic E-state index is 3.37. The zero-order chi connectivity index (χ0) is 15.7. The number of allylic oxidation sites excluding steroid dienone is 1. The second kappa shape index (κ2) is 8.20. The molecule has 0 saturated carbocycles. The molecule has 0 heterocycles. The second-order valence-electron chi connectivity index (χ2n) is 4.95. The van der Waals surface area contributed by atoms with Gasteiger partial charge in [-0.2, -0.15) is 0 Å². The fraction of sp³-hybridized carbons (Fsp3) is 0. The molecule has 0 aliphatic rings. The van der Waals surface area contributed by atoms with Gasteiger partial charge in [0, 0.05) is 0 Å². The summed E-state index contributed by atoms with van der Waals surface area (Å²) in [6, 6.07) is 31.1. The molecule has 0 aliphatic carbocycles. The van der Waals surface area contributed by atoms with Crippen LogP contribution in [-0.4, -0.2) is 15.0 Å². The fourth-order valence-corrected chi connectivity index (χ4v) is 3.83. The number of rotatable bonds is 3. The molecule has 3 rings (SSSR count). The predicted octanol–water partition coefficient (Wildman–Crippen LogP) is 4.11. The molecule has 0 fully saturated rings. The molecule has 3 aromatic rings. The molecule has 0 aromatic heterocycles. The summed E-state index contributed by atoms with van der Waals surface area (Å²) in [5, 5.41) is 0. The van der Waals surface area contributed by atoms with Crippen molar-refractivity contribution in [1.29, 1.82) is 0 Å². The van der Waals surface area contributed by atoms with Crippen molar-refractivity contribution in [2.75, 3.05) is 0 Å². The van der Waals surface area contributed by atoms with Crippen molar-refractivity contribution >= 4 is 25.5 Å². The van der Waals surface area contributed by atoms with Gasteiger partial charge in [-0.25, -0.2) is 0 Å². The first-order valence-electron chi connectivity index (χ1n) is 7.47. The van der Waals surface area contributed by atoms with Gasteiger partial charge in [-0.15, -0.1) is 0 Å². The van der Waals surface area contributed by atoms with Gasteiger partial charge in [-0.3, -0.25) is 0 Å². The van der Waals surface area contributed by atoms with Gasteiger partial charge in [0.2, 0.25) is 0 Å². The Hall–Kier alpha value is -2.52. The summed E-state index contributed by atoms with van der Waals surface area (Å²) >= 11 is 0.207. The molecule has 0 N–H and O–H groups in total. The summed E-state index contributed by atoms with van der Waals surface area (Å²) < 4.78 is 2.52. The third kappa shape index (κ3) is 5.01. The Labute approximate surface area is 144 Å². The topological polar surface area (TPSA) is 0 Å². The van der Waals surface area contributed by atoms with Crippen LogP contribution in [0.1, 0.15) is 11.1 Å². The van der Waals surface area contributed by atoms with E-state index < -0.39 is 0 Å². The molecule has 110 valence electrons. The first kappa shape index (κ1) is 15.4. The molecule has 0 aliphatic heterocycles. The van der Waals surface area contributed by atoms with Gasteiger partial charge in [-0.05, 0) is 0 Å². The van der Waals surface area contributed by atoms with Crippen LogP contribution in [0.3, 0.4) is 0 Å². The van der Waals surface area contributed by atoms with Crippen LogP contribution in [0, 0.1) is 11.8 Å². The van der Waals surface area contributed by atoms with Gasteiger partial charge in [0.25, 0.3) is 0 Å². The molecule has 1 heteroatoms. The molecule has 0 spiro atoms. The zero-order valence-corrected chi connectivity index (χ0v) is 14.4. The summed E-state index contributed by atoms with van der Waals surface area (Å²) in [7, 11) is 0. The van der Waals surface area contributed by atoms with Crippen LogP contribution < -0.4 is 4.46 Å². The normalized spacial score (nSPS) is 10.7. The third-order valence-electron chi connectivity index (χ3n) is 3.17. The molecular formula is C22H16Se. The van der Waals surface area contributed by atoms with Gasteiger partial charge in [0.15, 0.2) is 0 Å². The fourth-order valence-electron chi connectivity index (χ4n) is 2.06. The van der Waals surface area contributed by atoms with E-state index in [1.807, 2.05) is 36.4 Å². The van der Waals surface area contributed by atoms with E-state index in [0.29, 0.717) is 0 Å². The van der Waals surface area contributed by atoms with Crippen LogP contribution in [0.15, 0.2) is 95.5 Å². The summed E-state index contributed by atoms with van der Waals surface area (Å²) in [5.74, 6) is 6.65. The third-order valence-corrected chi connectivity index (χ3v) is 5.16. The SMILES string of the molecule is C(#Cc1ccccc1)/C(=C/c1ccccc1)[Se]c1ccccc1. The van der Waals surface area contributed by atoms with Crippen molar-refractivity contribution in [2.45, 2.75) is 0 Å². The van der Waals surface area contributed by atoms with E-state index in [2.05, 4.69) is 72.5 Å². The maximum atomic E-state index is 3.37. The van der Waals surface area contributed by atoms with Crippen molar-refractivity contribution < 1.29 is 0 Å². The van der Waals surface area contributed by atoms with Crippen molar-refractivity contribution in [2.24, 2.45) is 0 Å². The van der Waals surface area contributed by atoms with Crippen LogP contribution in [0.2, 0.25) is 0 Å². The Morgan fingerprint density at radius 2 is 1.26 bits per heavy atom. The molecule has 0 bridgehead atoms. The Balaban J connectivity index is 1.91. The first-order chi connectivity index (χ1) is 11.4. The van der Waals surface area contributed by atoms with E-state index >= 15 is 0 Å². The Morgan fingerprint density at radius 3 is 1.91 bits per heavy atom. The average Bonchev–Trinajstić information content (AvgIpc) is 2.62. The molecule has 0 atom stereocenters. The van der Waals surface area contributed by atoms with Crippen LogP contribution in [0.5, 0.6) is 0 Å². The minimum absolute atomic E-state index is 0.207. The molecule has 0 amide bonds. The summed E-state index contributed by atoms with van der Waals surface area (Å²) in [6.45, 7) is 0. The summed E-state index contributed by atoms with van der Waals surface area (Å²) in [5.41, 5.74) is 2.25. The van der Waals surface area contributed by atoms with Crippen LogP contribution in [-0.2, 0) is 0 Å². The minimum atomic E-state index is 0.207. The summed E-state index contributed by atoms with van der Waals surface area (Å²) in [4.78, 5) is 0. The number of hydrogen-bond acceptors (Lipinski definition) is 0. The van der Waals surface area contributed by atoms with E-state index in [-0.39, 0.29) is 15.0 Å². The van der Waals surface area contributed by atoms with E-state index in [4.69, 9.17) is 0 Å². The molecule has 23 heavy (non-hydrogen) atoms. The Bertz CT molecular complexity index is 823. The van der Waals surface area contributed by atoms with Gasteiger partial charge in [0.1, 0.15) is 0 Å². The van der Waals surface area contributed by atoms with E-state index in [1.54, 1.807) is 0 Å². The standard InChI is InChI=1S/C22H16Se/c1-4-10-19(11-5-1)16-17-22(18-20-12-6-2-7-13-20)23-21-14-8-3-9-15-21/h1-15,18H/b22-18-. The van der Waals surface area contributed by atoms with Gasteiger partial charge >= 0.3 is 144 Å². The van der Waals surface area contributed by atoms with Crippen molar-refractivity contribution in [3.63, 3.8) is 0 Å². The van der Waals surface area contributed by atoms with E-state index in [9.17, 15) is 0 Å². The van der Waals surface area contributed by atoms with Crippen molar-refractivity contribution in [3.8, 4) is 11.8 Å². The number of benzene rings is 3. The Kier molecular flexibility index (Phi) is 5.48. The van der Waals surface area contributed by atoms with Gasteiger partial charge in [0.05, 0.1) is 0 Å². The van der Waals surface area contributed by atoms with Crippen LogP contribution in [0.25, 0.3) is 6.08 Å². The molecule has 0 unspecified atom stereocenters. The predicted molar refractivity (Wildman–Crippen MR) is 99.6 cm³/mol. The van der Waals surface area contributed by atoms with Gasteiger partial charge < -0.3 is 0 Å². The van der Waals surface area contributed by atoms with E-state index in [1.165, 1.54) is 14.5 Å². The number of hydrogen-bond donors (Lipinski definition) is 0.